The highest BCUT2D eigenvalue weighted by molar-refractivity contribution is 6.38. The Labute approximate surface area is 98.8 Å². The molecule has 2 rings (SSSR count). The van der Waals surface area contributed by atoms with Crippen molar-refractivity contribution in [3.05, 3.63) is 49.1 Å². The summed E-state index contributed by atoms with van der Waals surface area (Å²) in [4.78, 5) is 15.3. The van der Waals surface area contributed by atoms with Crippen molar-refractivity contribution in [2.45, 2.75) is 6.92 Å². The van der Waals surface area contributed by atoms with E-state index < -0.39 is 0 Å². The van der Waals surface area contributed by atoms with Gasteiger partial charge in [0.2, 0.25) is 5.84 Å². The molecule has 1 heterocycles. The number of Topliss-reactive ketones (excluding diaryl/α,β-unsaturated/α-hetero) is 1. The number of para-hydroxylation sites is 1. The fourth-order valence-corrected chi connectivity index (χ4v) is 1.33. The third-order valence-corrected chi connectivity index (χ3v) is 2.13. The molecule has 1 N–H and O–H groups in total. The quantitative estimate of drug-likeness (QED) is 0.494. The molecule has 0 aliphatic carbocycles. The summed E-state index contributed by atoms with van der Waals surface area (Å²) in [7, 11) is 0. The Kier molecular flexibility index (Phi) is 3.30. The molecule has 0 atom stereocenters. The standard InChI is InChI=1S/C12H12N4O/c1-10(17)12(16-8-7-13-9-16)15-14-11-5-3-2-4-6-11/h2-9,14H,1H3/b15-12+. The van der Waals surface area contributed by atoms with Crippen molar-refractivity contribution >= 4 is 17.3 Å². The molecule has 0 saturated carbocycles. The molecule has 17 heavy (non-hydrogen) atoms. The van der Waals surface area contributed by atoms with Crippen LogP contribution >= 0.6 is 0 Å². The number of benzene rings is 1. The molecule has 0 amide bonds. The zero-order valence-electron chi connectivity index (χ0n) is 9.37. The van der Waals surface area contributed by atoms with Gasteiger partial charge in [-0.3, -0.25) is 14.8 Å². The first-order valence-electron chi connectivity index (χ1n) is 5.15. The Morgan fingerprint density at radius 1 is 1.35 bits per heavy atom. The molecule has 1 aromatic carbocycles. The van der Waals surface area contributed by atoms with Gasteiger partial charge in [-0.2, -0.15) is 5.10 Å². The van der Waals surface area contributed by atoms with Gasteiger partial charge in [0.15, 0.2) is 5.78 Å². The van der Waals surface area contributed by atoms with E-state index in [1.165, 1.54) is 13.3 Å². The van der Waals surface area contributed by atoms with Gasteiger partial charge >= 0.3 is 0 Å². The molecule has 0 unspecified atom stereocenters. The number of imidazole rings is 1. The summed E-state index contributed by atoms with van der Waals surface area (Å²) in [6.45, 7) is 1.46. The second-order valence-electron chi connectivity index (χ2n) is 3.44. The van der Waals surface area contributed by atoms with Crippen molar-refractivity contribution in [2.24, 2.45) is 5.10 Å². The number of nitrogens with one attached hydrogen (secondary N) is 1. The van der Waals surface area contributed by atoms with Crippen LogP contribution in [0.25, 0.3) is 0 Å². The second-order valence-corrected chi connectivity index (χ2v) is 3.44. The lowest BCUT2D eigenvalue weighted by atomic mass is 10.3. The minimum atomic E-state index is -0.133. The number of nitrogens with zero attached hydrogens (tertiary/aromatic N) is 3. The highest BCUT2D eigenvalue weighted by Gasteiger charge is 2.07. The number of carbonyl (C=O) groups is 1. The smallest absolute Gasteiger partial charge is 0.201 e. The molecule has 5 nitrogen and oxygen atoms in total. The average Bonchev–Trinajstić information content (AvgIpc) is 2.84. The fraction of sp³-hybridized carbons (Fsp3) is 0.0833. The van der Waals surface area contributed by atoms with Gasteiger partial charge in [-0.15, -0.1) is 0 Å². The Bertz CT molecular complexity index is 517. The summed E-state index contributed by atoms with van der Waals surface area (Å²) < 4.78 is 1.57. The SMILES string of the molecule is CC(=O)/C(=N\Nc1ccccc1)n1ccnc1. The predicted octanol–water partition coefficient (Wildman–Crippen LogP) is 1.75. The van der Waals surface area contributed by atoms with E-state index in [1.807, 2.05) is 30.3 Å². The highest BCUT2D eigenvalue weighted by Crippen LogP contribution is 2.04. The van der Waals surface area contributed by atoms with Crippen molar-refractivity contribution in [3.8, 4) is 0 Å². The van der Waals surface area contributed by atoms with Gasteiger partial charge in [-0.05, 0) is 12.1 Å². The van der Waals surface area contributed by atoms with Crippen molar-refractivity contribution < 1.29 is 4.79 Å². The number of hydrogen-bond donors (Lipinski definition) is 1. The molecule has 0 spiro atoms. The summed E-state index contributed by atoms with van der Waals surface area (Å²) in [5.41, 5.74) is 3.66. The monoisotopic (exact) mass is 228 g/mol. The lowest BCUT2D eigenvalue weighted by Gasteiger charge is -2.04. The van der Waals surface area contributed by atoms with E-state index in [0.29, 0.717) is 5.84 Å². The van der Waals surface area contributed by atoms with Gasteiger partial charge in [-0.25, -0.2) is 4.98 Å². The van der Waals surface area contributed by atoms with Gasteiger partial charge < -0.3 is 0 Å². The van der Waals surface area contributed by atoms with Crippen molar-refractivity contribution in [1.29, 1.82) is 0 Å². The maximum Gasteiger partial charge on any atom is 0.201 e. The van der Waals surface area contributed by atoms with E-state index in [9.17, 15) is 4.79 Å². The van der Waals surface area contributed by atoms with E-state index >= 15 is 0 Å². The number of carbonyl (C=O) groups excluding carboxylic acids is 1. The molecule has 0 aliphatic heterocycles. The maximum atomic E-state index is 11.4. The van der Waals surface area contributed by atoms with Crippen LogP contribution in [-0.2, 0) is 4.79 Å². The molecular weight excluding hydrogens is 216 g/mol. The van der Waals surface area contributed by atoms with Crippen LogP contribution in [0.4, 0.5) is 5.69 Å². The number of hydrazone groups is 1. The largest absolute Gasteiger partial charge is 0.291 e. The Balaban J connectivity index is 2.21. The minimum absolute atomic E-state index is 0.133. The van der Waals surface area contributed by atoms with Crippen LogP contribution in [0, 0.1) is 0 Å². The first kappa shape index (κ1) is 11.1. The summed E-state index contributed by atoms with van der Waals surface area (Å²) in [5, 5.41) is 4.08. The summed E-state index contributed by atoms with van der Waals surface area (Å²) in [5.74, 6) is 0.165. The Morgan fingerprint density at radius 2 is 2.12 bits per heavy atom. The van der Waals surface area contributed by atoms with Crippen molar-refractivity contribution in [1.82, 2.24) is 9.55 Å². The van der Waals surface area contributed by atoms with E-state index in [-0.39, 0.29) is 5.78 Å². The normalized spacial score (nSPS) is 11.2. The zero-order chi connectivity index (χ0) is 12.1. The number of anilines is 1. The molecule has 5 heteroatoms. The van der Waals surface area contributed by atoms with Gasteiger partial charge in [0.05, 0.1) is 5.69 Å². The summed E-state index contributed by atoms with van der Waals surface area (Å²) in [6, 6.07) is 9.44. The summed E-state index contributed by atoms with van der Waals surface area (Å²) >= 11 is 0. The second kappa shape index (κ2) is 5.07. The minimum Gasteiger partial charge on any atom is -0.291 e. The van der Waals surface area contributed by atoms with Crippen LogP contribution < -0.4 is 5.43 Å². The van der Waals surface area contributed by atoms with Crippen LogP contribution in [-0.4, -0.2) is 21.2 Å². The molecule has 0 bridgehead atoms. The van der Waals surface area contributed by atoms with E-state index in [2.05, 4.69) is 15.5 Å². The lowest BCUT2D eigenvalue weighted by molar-refractivity contribution is -0.111. The first-order valence-corrected chi connectivity index (χ1v) is 5.15. The van der Waals surface area contributed by atoms with Gasteiger partial charge in [0, 0.05) is 19.3 Å². The van der Waals surface area contributed by atoms with Gasteiger partial charge in [-0.1, -0.05) is 18.2 Å². The highest BCUT2D eigenvalue weighted by atomic mass is 16.1. The van der Waals surface area contributed by atoms with Crippen LogP contribution in [0.2, 0.25) is 0 Å². The molecule has 0 saturated heterocycles. The van der Waals surface area contributed by atoms with Crippen LogP contribution in [0.5, 0.6) is 0 Å². The fourth-order valence-electron chi connectivity index (χ4n) is 1.33. The predicted molar refractivity (Wildman–Crippen MR) is 65.8 cm³/mol. The Morgan fingerprint density at radius 3 is 2.71 bits per heavy atom. The maximum absolute atomic E-state index is 11.4. The topological polar surface area (TPSA) is 59.3 Å². The number of rotatable bonds is 3. The molecule has 86 valence electrons. The molecule has 0 radical (unpaired) electrons. The van der Waals surface area contributed by atoms with Gasteiger partial charge in [0.25, 0.3) is 0 Å². The third kappa shape index (κ3) is 2.78. The van der Waals surface area contributed by atoms with Crippen molar-refractivity contribution in [2.75, 3.05) is 5.43 Å². The average molecular weight is 228 g/mol. The van der Waals surface area contributed by atoms with Crippen LogP contribution in [0.15, 0.2) is 54.2 Å². The van der Waals surface area contributed by atoms with E-state index in [0.717, 1.165) is 5.69 Å². The molecule has 0 fully saturated rings. The molecule has 0 aliphatic rings. The number of hydrogen-bond acceptors (Lipinski definition) is 4. The van der Waals surface area contributed by atoms with Gasteiger partial charge in [0.1, 0.15) is 6.33 Å². The van der Waals surface area contributed by atoms with Crippen LogP contribution in [0.1, 0.15) is 6.92 Å². The first-order chi connectivity index (χ1) is 8.27. The number of ketones is 1. The Hall–Kier alpha value is -2.43. The lowest BCUT2D eigenvalue weighted by Crippen LogP contribution is -2.20. The molecular formula is C12H12N4O. The van der Waals surface area contributed by atoms with E-state index in [4.69, 9.17) is 0 Å². The van der Waals surface area contributed by atoms with Crippen molar-refractivity contribution in [3.63, 3.8) is 0 Å². The zero-order valence-corrected chi connectivity index (χ0v) is 9.37. The number of aromatic nitrogens is 2. The van der Waals surface area contributed by atoms with Crippen LogP contribution in [0.3, 0.4) is 0 Å². The molecule has 2 aromatic rings. The third-order valence-electron chi connectivity index (χ3n) is 2.13. The van der Waals surface area contributed by atoms with E-state index in [1.54, 1.807) is 17.0 Å². The summed E-state index contributed by atoms with van der Waals surface area (Å²) in [6.07, 6.45) is 4.81. The molecule has 1 aromatic heterocycles.